The van der Waals surface area contributed by atoms with Crippen LogP contribution >= 0.6 is 0 Å². The van der Waals surface area contributed by atoms with E-state index < -0.39 is 5.97 Å². The fraction of sp³-hybridized carbons (Fsp3) is 0.295. The lowest BCUT2D eigenvalue weighted by molar-refractivity contribution is -0.195. The third kappa shape index (κ3) is 12.2. The molecule has 354 valence electrons. The van der Waals surface area contributed by atoms with Gasteiger partial charge in [0.15, 0.2) is 5.75 Å². The van der Waals surface area contributed by atoms with E-state index in [9.17, 15) is 4.79 Å². The Morgan fingerprint density at radius 3 is 1.49 bits per heavy atom. The number of nitrogens with zero attached hydrogens (tertiary/aromatic N) is 2. The summed E-state index contributed by atoms with van der Waals surface area (Å²) in [6.07, 6.45) is 17.0. The minimum atomic E-state index is -0.438. The largest absolute Gasteiger partial charge is 0.494 e. The molecule has 1 atom stereocenters. The number of benzene rings is 6. The summed E-state index contributed by atoms with van der Waals surface area (Å²) in [4.78, 5) is 34.2. The van der Waals surface area contributed by atoms with Crippen LogP contribution in [0.4, 0.5) is 11.4 Å². The van der Waals surface area contributed by atoms with Crippen LogP contribution in [0.15, 0.2) is 156 Å². The molecule has 0 aromatic heterocycles. The molecular formula is C61H64N2O6. The summed E-state index contributed by atoms with van der Waals surface area (Å²) in [6.45, 7) is 15.3. The maximum absolute atomic E-state index is 13.3. The Hall–Kier alpha value is -7.03. The van der Waals surface area contributed by atoms with Crippen molar-refractivity contribution in [3.05, 3.63) is 190 Å². The molecule has 2 aliphatic carbocycles. The van der Waals surface area contributed by atoms with E-state index in [-0.39, 0.29) is 22.9 Å². The molecule has 2 aliphatic rings. The Bertz CT molecular complexity index is 2800. The lowest BCUT2D eigenvalue weighted by Crippen LogP contribution is -2.27. The average Bonchev–Trinajstić information content (AvgIpc) is 3.72. The molecule has 0 radical (unpaired) electrons. The summed E-state index contributed by atoms with van der Waals surface area (Å²) >= 11 is 0. The quantitative estimate of drug-likeness (QED) is 0.0144. The molecule has 6 aromatic carbocycles. The van der Waals surface area contributed by atoms with Crippen LogP contribution in [-0.4, -0.2) is 38.2 Å². The highest BCUT2D eigenvalue weighted by molar-refractivity contribution is 5.89. The molecule has 69 heavy (non-hydrogen) atoms. The minimum Gasteiger partial charge on any atom is -0.494 e. The second kappa shape index (κ2) is 21.9. The van der Waals surface area contributed by atoms with Gasteiger partial charge in [0.05, 0.1) is 24.6 Å². The van der Waals surface area contributed by atoms with Crippen molar-refractivity contribution in [2.45, 2.75) is 96.3 Å². The molecule has 6 aromatic rings. The van der Waals surface area contributed by atoms with Gasteiger partial charge in [0.2, 0.25) is 0 Å². The van der Waals surface area contributed by atoms with Gasteiger partial charge in [-0.3, -0.25) is 9.98 Å². The summed E-state index contributed by atoms with van der Waals surface area (Å²) in [7, 11) is 0. The summed E-state index contributed by atoms with van der Waals surface area (Å²) in [6, 6.07) is 44.2. The summed E-state index contributed by atoms with van der Waals surface area (Å²) < 4.78 is 17.5. The molecule has 1 spiro atoms. The van der Waals surface area contributed by atoms with Crippen molar-refractivity contribution in [2.75, 3.05) is 19.8 Å². The van der Waals surface area contributed by atoms with Crippen LogP contribution in [-0.2, 0) is 25.9 Å². The van der Waals surface area contributed by atoms with Gasteiger partial charge in [-0.1, -0.05) is 103 Å². The number of unbranched alkanes of at least 4 members (excludes halogenated alkanes) is 2. The number of fused-ring (bicyclic) bond motifs is 4. The highest BCUT2D eigenvalue weighted by Gasteiger charge is 2.56. The fourth-order valence-corrected chi connectivity index (χ4v) is 9.67. The Balaban J connectivity index is 0.870. The second-order valence-electron chi connectivity index (χ2n) is 19.4. The van der Waals surface area contributed by atoms with Crippen LogP contribution in [0, 0.1) is 0 Å². The molecule has 0 saturated heterocycles. The maximum atomic E-state index is 13.3. The lowest BCUT2D eigenvalue weighted by atomic mass is 9.72. The van der Waals surface area contributed by atoms with Crippen molar-refractivity contribution >= 4 is 41.9 Å². The predicted octanol–water partition coefficient (Wildman–Crippen LogP) is 14.8. The lowest BCUT2D eigenvalue weighted by Gasteiger charge is -2.30. The van der Waals surface area contributed by atoms with Gasteiger partial charge in [0.1, 0.15) is 23.9 Å². The van der Waals surface area contributed by atoms with E-state index >= 15 is 0 Å². The zero-order valence-electron chi connectivity index (χ0n) is 40.9. The number of ether oxygens (including phenoxy) is 3. The van der Waals surface area contributed by atoms with Crippen LogP contribution in [0.1, 0.15) is 125 Å². The molecule has 0 N–H and O–H groups in total. The van der Waals surface area contributed by atoms with Crippen molar-refractivity contribution in [3.63, 3.8) is 0 Å². The van der Waals surface area contributed by atoms with Crippen LogP contribution in [0.2, 0.25) is 0 Å². The van der Waals surface area contributed by atoms with Crippen molar-refractivity contribution in [3.8, 4) is 23.0 Å². The van der Waals surface area contributed by atoms with Gasteiger partial charge in [-0.05, 0) is 184 Å². The molecule has 0 saturated carbocycles. The summed E-state index contributed by atoms with van der Waals surface area (Å²) in [5, 5.41) is 0. The van der Waals surface area contributed by atoms with Gasteiger partial charge in [-0.25, -0.2) is 4.79 Å². The topological polar surface area (TPSA) is 87.9 Å². The van der Waals surface area contributed by atoms with E-state index in [4.69, 9.17) is 24.0 Å². The molecule has 0 heterocycles. The molecule has 0 aliphatic heterocycles. The monoisotopic (exact) mass is 920 g/mol. The molecule has 0 amide bonds. The van der Waals surface area contributed by atoms with Crippen molar-refractivity contribution in [1.82, 2.24) is 0 Å². The SMILES string of the molecule is CCCCOc1ccc(C=Nc2ccc(/C=C/COOc3ccc4c(c3)C3(CC4(C)C)CC(C)(C)c4ccc(OC(=O)/C=C/c5ccc(N=Cc6ccc(OCCCC)cc6)cc5)cc43)cc2)cc1. The van der Waals surface area contributed by atoms with E-state index in [2.05, 4.69) is 75.8 Å². The van der Waals surface area contributed by atoms with E-state index in [0.29, 0.717) is 11.5 Å². The molecular weight excluding hydrogens is 857 g/mol. The Morgan fingerprint density at radius 2 is 0.986 bits per heavy atom. The van der Waals surface area contributed by atoms with Crippen molar-refractivity contribution < 1.29 is 28.8 Å². The Morgan fingerprint density at radius 1 is 0.536 bits per heavy atom. The number of aliphatic imine (C=N–C) groups is 2. The van der Waals surface area contributed by atoms with E-state index in [0.717, 1.165) is 96.9 Å². The minimum absolute atomic E-state index is 0.0878. The van der Waals surface area contributed by atoms with Crippen LogP contribution in [0.3, 0.4) is 0 Å². The van der Waals surface area contributed by atoms with E-state index in [1.807, 2.05) is 134 Å². The molecule has 8 rings (SSSR count). The number of carbonyl (C=O) groups excluding carboxylic acids is 1. The average molecular weight is 921 g/mol. The zero-order valence-corrected chi connectivity index (χ0v) is 40.9. The summed E-state index contributed by atoms with van der Waals surface area (Å²) in [5.74, 6) is 2.48. The summed E-state index contributed by atoms with van der Waals surface area (Å²) in [5.41, 5.74) is 10.1. The maximum Gasteiger partial charge on any atom is 0.336 e. The number of rotatable bonds is 20. The van der Waals surface area contributed by atoms with Gasteiger partial charge in [-0.2, -0.15) is 4.89 Å². The normalized spacial score (nSPS) is 16.7. The first-order chi connectivity index (χ1) is 33.4. The number of esters is 1. The van der Waals surface area contributed by atoms with Gasteiger partial charge in [0, 0.05) is 23.9 Å². The first-order valence-corrected chi connectivity index (χ1v) is 24.3. The van der Waals surface area contributed by atoms with Gasteiger partial charge < -0.3 is 19.1 Å². The number of hydrogen-bond acceptors (Lipinski definition) is 8. The molecule has 0 bridgehead atoms. The zero-order chi connectivity index (χ0) is 48.3. The highest BCUT2D eigenvalue weighted by Crippen LogP contribution is 2.63. The van der Waals surface area contributed by atoms with E-state index in [1.54, 1.807) is 6.08 Å². The first-order valence-electron chi connectivity index (χ1n) is 24.3. The van der Waals surface area contributed by atoms with Crippen LogP contribution in [0.25, 0.3) is 12.2 Å². The highest BCUT2D eigenvalue weighted by atomic mass is 17.2. The smallest absolute Gasteiger partial charge is 0.336 e. The van der Waals surface area contributed by atoms with Crippen molar-refractivity contribution in [1.29, 1.82) is 0 Å². The Labute approximate surface area is 408 Å². The van der Waals surface area contributed by atoms with Gasteiger partial charge >= 0.3 is 5.97 Å². The fourth-order valence-electron chi connectivity index (χ4n) is 9.67. The van der Waals surface area contributed by atoms with Crippen molar-refractivity contribution in [2.24, 2.45) is 9.98 Å². The third-order valence-electron chi connectivity index (χ3n) is 13.0. The number of carbonyl (C=O) groups is 1. The third-order valence-corrected chi connectivity index (χ3v) is 13.0. The van der Waals surface area contributed by atoms with E-state index in [1.165, 1.54) is 28.3 Å². The number of hydrogen-bond donors (Lipinski definition) is 0. The molecule has 8 nitrogen and oxygen atoms in total. The molecule has 0 fully saturated rings. The Kier molecular flexibility index (Phi) is 15.4. The molecule has 1 unspecified atom stereocenters. The van der Waals surface area contributed by atoms with Crippen LogP contribution in [0.5, 0.6) is 23.0 Å². The van der Waals surface area contributed by atoms with Crippen LogP contribution < -0.4 is 19.1 Å². The predicted molar refractivity (Wildman–Crippen MR) is 280 cm³/mol. The standard InChI is InChI=1S/C61H64N2O6/c1-7-9-35-65-50-26-17-46(18-27-50)40-62-48-22-13-44(14-23-48)12-11-37-67-69-53-31-33-55-57(39-53)61(43-60(55,5)6)42-59(3,4)54-32-30-52(38-56(54)61)68-58(64)34-21-45-15-24-49(25-16-45)63-41-47-19-28-51(29-20-47)66-36-10-8-2/h11-34,38-41H,7-10,35-37,42-43H2,1-6H3/b12-11+,34-21+,62-40?,63-41?. The first kappa shape index (κ1) is 48.4. The van der Waals surface area contributed by atoms with Gasteiger partial charge in [-0.15, -0.1) is 0 Å². The molecule has 8 heteroatoms. The second-order valence-corrected chi connectivity index (χ2v) is 19.4. The van der Waals surface area contributed by atoms with Gasteiger partial charge in [0.25, 0.3) is 0 Å².